The van der Waals surface area contributed by atoms with Crippen molar-refractivity contribution >= 4 is 29.2 Å². The second-order valence-electron chi connectivity index (χ2n) is 4.34. The van der Waals surface area contributed by atoms with Crippen LogP contribution in [-0.4, -0.2) is 25.7 Å². The molecule has 1 saturated heterocycles. The van der Waals surface area contributed by atoms with Crippen LogP contribution in [0.25, 0.3) is 0 Å². The van der Waals surface area contributed by atoms with Crippen molar-refractivity contribution in [2.45, 2.75) is 25.3 Å². The summed E-state index contributed by atoms with van der Waals surface area (Å²) in [6, 6.07) is 2.84. The van der Waals surface area contributed by atoms with Gasteiger partial charge in [-0.05, 0) is 19.4 Å². The van der Waals surface area contributed by atoms with Gasteiger partial charge < -0.3 is 14.8 Å². The third-order valence-electron chi connectivity index (χ3n) is 3.01. The topological polar surface area (TPSA) is 47.6 Å². The maximum absolute atomic E-state index is 12.0. The Morgan fingerprint density at radius 2 is 2.16 bits per heavy atom. The predicted octanol–water partition coefficient (Wildman–Crippen LogP) is 3.05. The molecule has 1 aromatic carbocycles. The molecule has 19 heavy (non-hydrogen) atoms. The van der Waals surface area contributed by atoms with E-state index in [9.17, 15) is 4.79 Å². The molecule has 1 aliphatic heterocycles. The molecule has 0 aliphatic carbocycles. The van der Waals surface area contributed by atoms with Gasteiger partial charge >= 0.3 is 5.97 Å². The summed E-state index contributed by atoms with van der Waals surface area (Å²) in [6.45, 7) is 0.826. The van der Waals surface area contributed by atoms with Gasteiger partial charge in [0.2, 0.25) is 0 Å². The molecule has 4 nitrogen and oxygen atoms in total. The standard InChI is InChI=1S/C13H15Cl2NO3/c1-18-8-6-9(14)12(15)11(7-8)19-13(17)10-4-2-3-5-16-10/h6-7,10,16H,2-5H2,1H3. The number of rotatable bonds is 3. The van der Waals surface area contributed by atoms with Crippen molar-refractivity contribution in [2.75, 3.05) is 13.7 Å². The van der Waals surface area contributed by atoms with E-state index in [4.69, 9.17) is 32.7 Å². The predicted molar refractivity (Wildman–Crippen MR) is 74.3 cm³/mol. The van der Waals surface area contributed by atoms with E-state index >= 15 is 0 Å². The zero-order valence-electron chi connectivity index (χ0n) is 10.5. The van der Waals surface area contributed by atoms with Crippen LogP contribution in [0.3, 0.4) is 0 Å². The number of methoxy groups -OCH3 is 1. The van der Waals surface area contributed by atoms with Gasteiger partial charge in [-0.15, -0.1) is 0 Å². The lowest BCUT2D eigenvalue weighted by Crippen LogP contribution is -2.42. The zero-order chi connectivity index (χ0) is 13.8. The first-order chi connectivity index (χ1) is 9.11. The molecule has 0 spiro atoms. The highest BCUT2D eigenvalue weighted by atomic mass is 35.5. The number of carbonyl (C=O) groups is 1. The first-order valence-electron chi connectivity index (χ1n) is 6.10. The third-order valence-corrected chi connectivity index (χ3v) is 3.79. The largest absolute Gasteiger partial charge is 0.497 e. The molecule has 0 amide bonds. The van der Waals surface area contributed by atoms with Gasteiger partial charge in [-0.25, -0.2) is 4.79 Å². The summed E-state index contributed by atoms with van der Waals surface area (Å²) in [5.74, 6) is 0.378. The Bertz CT molecular complexity index is 473. The highest BCUT2D eigenvalue weighted by Gasteiger charge is 2.24. The van der Waals surface area contributed by atoms with Gasteiger partial charge in [0.25, 0.3) is 0 Å². The van der Waals surface area contributed by atoms with Crippen molar-refractivity contribution in [1.82, 2.24) is 5.32 Å². The van der Waals surface area contributed by atoms with Crippen molar-refractivity contribution in [3.05, 3.63) is 22.2 Å². The fourth-order valence-corrected chi connectivity index (χ4v) is 2.31. The normalized spacial score (nSPS) is 19.0. The van der Waals surface area contributed by atoms with Crippen LogP contribution in [0, 0.1) is 0 Å². The van der Waals surface area contributed by atoms with Crippen molar-refractivity contribution < 1.29 is 14.3 Å². The lowest BCUT2D eigenvalue weighted by atomic mass is 10.1. The van der Waals surface area contributed by atoms with Crippen LogP contribution >= 0.6 is 23.2 Å². The summed E-state index contributed by atoms with van der Waals surface area (Å²) in [7, 11) is 1.51. The van der Waals surface area contributed by atoms with Crippen LogP contribution in [0.15, 0.2) is 12.1 Å². The minimum Gasteiger partial charge on any atom is -0.497 e. The summed E-state index contributed by atoms with van der Waals surface area (Å²) in [5, 5.41) is 3.63. The quantitative estimate of drug-likeness (QED) is 0.689. The van der Waals surface area contributed by atoms with E-state index in [1.165, 1.54) is 7.11 Å². The minimum atomic E-state index is -0.342. The van der Waals surface area contributed by atoms with Gasteiger partial charge in [0, 0.05) is 12.1 Å². The maximum Gasteiger partial charge on any atom is 0.328 e. The molecule has 1 fully saturated rings. The van der Waals surface area contributed by atoms with Gasteiger partial charge in [0.1, 0.15) is 16.8 Å². The number of ether oxygens (including phenoxy) is 2. The average molecular weight is 304 g/mol. The van der Waals surface area contributed by atoms with E-state index < -0.39 is 0 Å². The fourth-order valence-electron chi connectivity index (χ4n) is 1.96. The minimum absolute atomic E-state index is 0.214. The molecule has 1 aromatic rings. The molecule has 0 saturated carbocycles. The van der Waals surface area contributed by atoms with E-state index in [2.05, 4.69) is 5.32 Å². The van der Waals surface area contributed by atoms with Gasteiger partial charge in [-0.2, -0.15) is 0 Å². The second-order valence-corrected chi connectivity index (χ2v) is 5.13. The number of esters is 1. The molecule has 1 N–H and O–H groups in total. The van der Waals surface area contributed by atoms with E-state index in [0.29, 0.717) is 10.8 Å². The fraction of sp³-hybridized carbons (Fsp3) is 0.462. The molecule has 0 radical (unpaired) electrons. The van der Waals surface area contributed by atoms with Crippen LogP contribution in [0.5, 0.6) is 11.5 Å². The van der Waals surface area contributed by atoms with E-state index in [-0.39, 0.29) is 22.8 Å². The highest BCUT2D eigenvalue weighted by molar-refractivity contribution is 6.43. The molecule has 2 rings (SSSR count). The van der Waals surface area contributed by atoms with E-state index in [0.717, 1.165) is 25.8 Å². The van der Waals surface area contributed by atoms with Crippen molar-refractivity contribution in [1.29, 1.82) is 0 Å². The maximum atomic E-state index is 12.0. The average Bonchev–Trinajstić information content (AvgIpc) is 2.44. The molecular weight excluding hydrogens is 289 g/mol. The SMILES string of the molecule is COc1cc(Cl)c(Cl)c(OC(=O)C2CCCCN2)c1. The van der Waals surface area contributed by atoms with Crippen LogP contribution in [-0.2, 0) is 4.79 Å². The third kappa shape index (κ3) is 3.53. The Morgan fingerprint density at radius 1 is 1.37 bits per heavy atom. The van der Waals surface area contributed by atoms with E-state index in [1.807, 2.05) is 0 Å². The Balaban J connectivity index is 2.13. The van der Waals surface area contributed by atoms with E-state index in [1.54, 1.807) is 12.1 Å². The molecule has 1 atom stereocenters. The number of halogens is 2. The number of benzene rings is 1. The smallest absolute Gasteiger partial charge is 0.328 e. The van der Waals surface area contributed by atoms with Gasteiger partial charge in [0.15, 0.2) is 5.75 Å². The number of hydrogen-bond donors (Lipinski definition) is 1. The lowest BCUT2D eigenvalue weighted by molar-refractivity contribution is -0.137. The molecule has 6 heteroatoms. The summed E-state index contributed by atoms with van der Waals surface area (Å²) in [4.78, 5) is 12.0. The number of piperidine rings is 1. The number of hydrogen-bond acceptors (Lipinski definition) is 4. The Hall–Kier alpha value is -0.970. The first-order valence-corrected chi connectivity index (χ1v) is 6.85. The second kappa shape index (κ2) is 6.46. The zero-order valence-corrected chi connectivity index (χ0v) is 12.1. The first kappa shape index (κ1) is 14.4. The van der Waals surface area contributed by atoms with Gasteiger partial charge in [0.05, 0.1) is 12.1 Å². The van der Waals surface area contributed by atoms with Crippen molar-refractivity contribution in [3.8, 4) is 11.5 Å². The molecule has 1 heterocycles. The monoisotopic (exact) mass is 303 g/mol. The molecule has 0 bridgehead atoms. The van der Waals surface area contributed by atoms with Gasteiger partial charge in [-0.1, -0.05) is 29.6 Å². The van der Waals surface area contributed by atoms with Crippen LogP contribution in [0.2, 0.25) is 10.0 Å². The molecule has 0 aromatic heterocycles. The highest BCUT2D eigenvalue weighted by Crippen LogP contribution is 2.36. The molecule has 1 aliphatic rings. The molecule has 1 unspecified atom stereocenters. The number of nitrogens with one attached hydrogen (secondary N) is 1. The number of carbonyl (C=O) groups excluding carboxylic acids is 1. The summed E-state index contributed by atoms with van der Waals surface area (Å²) in [5.41, 5.74) is 0. The van der Waals surface area contributed by atoms with Gasteiger partial charge in [-0.3, -0.25) is 0 Å². The molecular formula is C13H15Cl2NO3. The van der Waals surface area contributed by atoms with Crippen molar-refractivity contribution in [3.63, 3.8) is 0 Å². The van der Waals surface area contributed by atoms with Crippen LogP contribution < -0.4 is 14.8 Å². The summed E-state index contributed by atoms with van der Waals surface area (Å²) >= 11 is 12.0. The van der Waals surface area contributed by atoms with Crippen LogP contribution in [0.1, 0.15) is 19.3 Å². The summed E-state index contributed by atoms with van der Waals surface area (Å²) < 4.78 is 10.4. The Morgan fingerprint density at radius 3 is 2.79 bits per heavy atom. The molecule has 104 valence electrons. The summed E-state index contributed by atoms with van der Waals surface area (Å²) in [6.07, 6.45) is 2.86. The lowest BCUT2D eigenvalue weighted by Gasteiger charge is -2.22. The van der Waals surface area contributed by atoms with Crippen LogP contribution in [0.4, 0.5) is 0 Å². The Labute approximate surface area is 122 Å². The Kier molecular flexibility index (Phi) is 4.91. The van der Waals surface area contributed by atoms with Crippen molar-refractivity contribution in [2.24, 2.45) is 0 Å².